The summed E-state index contributed by atoms with van der Waals surface area (Å²) in [6, 6.07) is 0.590. The molecule has 0 amide bonds. The summed E-state index contributed by atoms with van der Waals surface area (Å²) in [4.78, 5) is 2.15. The molecule has 0 spiro atoms. The summed E-state index contributed by atoms with van der Waals surface area (Å²) in [7, 11) is 0. The lowest BCUT2D eigenvalue weighted by Gasteiger charge is -2.23. The van der Waals surface area contributed by atoms with E-state index in [1.54, 1.807) is 0 Å². The van der Waals surface area contributed by atoms with Gasteiger partial charge >= 0.3 is 0 Å². The molecule has 1 fully saturated rings. The second-order valence-electron chi connectivity index (χ2n) is 3.15. The standard InChI is InChI=1S/C8H17NO/c1-8-5-3-2-4-6-9(8)7-10/h8,10H,2-7H2,1H3/t8-/m1/s1. The largest absolute Gasteiger partial charge is 0.381 e. The van der Waals surface area contributed by atoms with E-state index in [0.29, 0.717) is 6.04 Å². The number of aliphatic hydroxyl groups excluding tert-OH is 1. The van der Waals surface area contributed by atoms with Gasteiger partial charge in [0.15, 0.2) is 0 Å². The van der Waals surface area contributed by atoms with Gasteiger partial charge in [-0.15, -0.1) is 0 Å². The highest BCUT2D eigenvalue weighted by Gasteiger charge is 2.14. The molecular weight excluding hydrogens is 126 g/mol. The van der Waals surface area contributed by atoms with E-state index < -0.39 is 0 Å². The van der Waals surface area contributed by atoms with Crippen LogP contribution in [0.15, 0.2) is 0 Å². The number of hydrogen-bond donors (Lipinski definition) is 1. The van der Waals surface area contributed by atoms with Gasteiger partial charge in [0.2, 0.25) is 0 Å². The molecule has 1 N–H and O–H groups in total. The van der Waals surface area contributed by atoms with E-state index in [1.807, 2.05) is 0 Å². The molecule has 0 aromatic heterocycles. The number of aliphatic hydroxyl groups is 1. The van der Waals surface area contributed by atoms with Crippen molar-refractivity contribution in [3.8, 4) is 0 Å². The summed E-state index contributed by atoms with van der Waals surface area (Å²) in [6.45, 7) is 3.51. The molecule has 0 aromatic rings. The van der Waals surface area contributed by atoms with Gasteiger partial charge in [-0.3, -0.25) is 4.90 Å². The van der Waals surface area contributed by atoms with Crippen LogP contribution in [0.4, 0.5) is 0 Å². The van der Waals surface area contributed by atoms with Gasteiger partial charge in [-0.05, 0) is 19.8 Å². The molecule has 2 heteroatoms. The molecule has 0 bridgehead atoms. The van der Waals surface area contributed by atoms with Gasteiger partial charge in [0.05, 0.1) is 6.73 Å². The minimum atomic E-state index is 0.237. The van der Waals surface area contributed by atoms with Gasteiger partial charge in [-0.25, -0.2) is 0 Å². The summed E-state index contributed by atoms with van der Waals surface area (Å²) >= 11 is 0. The Morgan fingerprint density at radius 2 is 2.20 bits per heavy atom. The molecule has 60 valence electrons. The molecule has 1 atom stereocenters. The van der Waals surface area contributed by atoms with Crippen molar-refractivity contribution >= 4 is 0 Å². The molecule has 0 unspecified atom stereocenters. The van der Waals surface area contributed by atoms with Crippen molar-refractivity contribution < 1.29 is 5.11 Å². The number of hydrogen-bond acceptors (Lipinski definition) is 2. The van der Waals surface area contributed by atoms with Crippen molar-refractivity contribution in [1.29, 1.82) is 0 Å². The minimum absolute atomic E-state index is 0.237. The maximum atomic E-state index is 8.91. The first kappa shape index (κ1) is 8.02. The van der Waals surface area contributed by atoms with Gasteiger partial charge in [-0.2, -0.15) is 0 Å². The summed E-state index contributed by atoms with van der Waals surface area (Å²) in [5, 5.41) is 8.91. The highest BCUT2D eigenvalue weighted by atomic mass is 16.3. The quantitative estimate of drug-likeness (QED) is 0.596. The Balaban J connectivity index is 2.35. The third-order valence-electron chi connectivity index (χ3n) is 2.37. The topological polar surface area (TPSA) is 23.5 Å². The zero-order chi connectivity index (χ0) is 7.40. The summed E-state index contributed by atoms with van der Waals surface area (Å²) in [6.07, 6.45) is 5.17. The lowest BCUT2D eigenvalue weighted by molar-refractivity contribution is 0.0769. The second kappa shape index (κ2) is 3.94. The van der Waals surface area contributed by atoms with Crippen molar-refractivity contribution in [2.24, 2.45) is 0 Å². The monoisotopic (exact) mass is 143 g/mol. The Morgan fingerprint density at radius 1 is 1.40 bits per heavy atom. The van der Waals surface area contributed by atoms with Crippen LogP contribution >= 0.6 is 0 Å². The van der Waals surface area contributed by atoms with E-state index in [9.17, 15) is 0 Å². The van der Waals surface area contributed by atoms with Gasteiger partial charge in [0.1, 0.15) is 0 Å². The Bertz CT molecular complexity index is 95.3. The zero-order valence-electron chi connectivity index (χ0n) is 6.71. The molecule has 1 aliphatic rings. The number of rotatable bonds is 1. The fraction of sp³-hybridized carbons (Fsp3) is 1.00. The lowest BCUT2D eigenvalue weighted by atomic mass is 10.1. The molecule has 0 radical (unpaired) electrons. The molecule has 0 saturated carbocycles. The average Bonchev–Trinajstić information content (AvgIpc) is 2.13. The van der Waals surface area contributed by atoms with Crippen LogP contribution < -0.4 is 0 Å². The van der Waals surface area contributed by atoms with E-state index in [1.165, 1.54) is 25.7 Å². The first-order chi connectivity index (χ1) is 4.84. The predicted molar refractivity (Wildman–Crippen MR) is 41.7 cm³/mol. The van der Waals surface area contributed by atoms with Crippen molar-refractivity contribution in [2.75, 3.05) is 13.3 Å². The molecule has 1 rings (SSSR count). The fourth-order valence-electron chi connectivity index (χ4n) is 1.54. The highest BCUT2D eigenvalue weighted by molar-refractivity contribution is 4.68. The number of likely N-dealkylation sites (tertiary alicyclic amines) is 1. The van der Waals surface area contributed by atoms with Crippen LogP contribution in [-0.2, 0) is 0 Å². The van der Waals surface area contributed by atoms with Crippen LogP contribution in [0.5, 0.6) is 0 Å². The smallest absolute Gasteiger partial charge is 0.0958 e. The summed E-state index contributed by atoms with van der Waals surface area (Å²) in [5.41, 5.74) is 0. The third-order valence-corrected chi connectivity index (χ3v) is 2.37. The Hall–Kier alpha value is -0.0800. The van der Waals surface area contributed by atoms with E-state index >= 15 is 0 Å². The molecule has 1 heterocycles. The highest BCUT2D eigenvalue weighted by Crippen LogP contribution is 2.14. The average molecular weight is 143 g/mol. The summed E-state index contributed by atoms with van der Waals surface area (Å²) < 4.78 is 0. The Morgan fingerprint density at radius 3 is 2.90 bits per heavy atom. The van der Waals surface area contributed by atoms with Gasteiger partial charge in [-0.1, -0.05) is 12.8 Å². The van der Waals surface area contributed by atoms with Gasteiger partial charge in [0.25, 0.3) is 0 Å². The molecule has 2 nitrogen and oxygen atoms in total. The van der Waals surface area contributed by atoms with Crippen LogP contribution in [0.25, 0.3) is 0 Å². The maximum Gasteiger partial charge on any atom is 0.0958 e. The zero-order valence-corrected chi connectivity index (χ0v) is 6.71. The molecule has 10 heavy (non-hydrogen) atoms. The van der Waals surface area contributed by atoms with Crippen molar-refractivity contribution in [2.45, 2.75) is 38.6 Å². The van der Waals surface area contributed by atoms with E-state index in [-0.39, 0.29) is 6.73 Å². The maximum absolute atomic E-state index is 8.91. The van der Waals surface area contributed by atoms with E-state index in [4.69, 9.17) is 5.11 Å². The van der Waals surface area contributed by atoms with Crippen LogP contribution in [0, 0.1) is 0 Å². The third kappa shape index (κ3) is 1.96. The van der Waals surface area contributed by atoms with Crippen molar-refractivity contribution in [3.63, 3.8) is 0 Å². The van der Waals surface area contributed by atoms with Crippen LogP contribution in [0.3, 0.4) is 0 Å². The Kier molecular flexibility index (Phi) is 3.16. The first-order valence-electron chi connectivity index (χ1n) is 4.19. The SMILES string of the molecule is C[C@@H]1CCCCCN1CO. The molecular formula is C8H17NO. The molecule has 1 aliphatic heterocycles. The first-order valence-corrected chi connectivity index (χ1v) is 4.19. The summed E-state index contributed by atoms with van der Waals surface area (Å²) in [5.74, 6) is 0. The molecule has 0 aliphatic carbocycles. The van der Waals surface area contributed by atoms with Crippen LogP contribution in [0.1, 0.15) is 32.6 Å². The lowest BCUT2D eigenvalue weighted by Crippen LogP contribution is -2.33. The predicted octanol–water partition coefficient (Wildman–Crippen LogP) is 1.20. The number of nitrogens with zero attached hydrogens (tertiary/aromatic N) is 1. The minimum Gasteiger partial charge on any atom is -0.381 e. The second-order valence-corrected chi connectivity index (χ2v) is 3.15. The van der Waals surface area contributed by atoms with Gasteiger partial charge < -0.3 is 5.11 Å². The van der Waals surface area contributed by atoms with E-state index in [0.717, 1.165) is 6.54 Å². The van der Waals surface area contributed by atoms with Crippen molar-refractivity contribution in [1.82, 2.24) is 4.90 Å². The molecule has 0 aromatic carbocycles. The fourth-order valence-corrected chi connectivity index (χ4v) is 1.54. The van der Waals surface area contributed by atoms with E-state index in [2.05, 4.69) is 11.8 Å². The normalized spacial score (nSPS) is 30.0. The van der Waals surface area contributed by atoms with Crippen LogP contribution in [-0.4, -0.2) is 29.3 Å². The van der Waals surface area contributed by atoms with Gasteiger partial charge in [0, 0.05) is 12.6 Å². The molecule has 1 saturated heterocycles. The van der Waals surface area contributed by atoms with Crippen molar-refractivity contribution in [3.05, 3.63) is 0 Å². The Labute approximate surface area is 62.8 Å². The van der Waals surface area contributed by atoms with Crippen LogP contribution in [0.2, 0.25) is 0 Å².